The number of aromatic nitrogens is 1. The molecule has 0 spiro atoms. The normalized spacial score (nSPS) is 11.7. The van der Waals surface area contributed by atoms with Crippen LogP contribution >= 0.6 is 0 Å². The van der Waals surface area contributed by atoms with E-state index < -0.39 is 5.41 Å². The van der Waals surface area contributed by atoms with Crippen molar-refractivity contribution in [3.8, 4) is 0 Å². The summed E-state index contributed by atoms with van der Waals surface area (Å²) in [5.74, 6) is 0. The van der Waals surface area contributed by atoms with Crippen LogP contribution in [0.25, 0.3) is 10.9 Å². The molecule has 0 aliphatic heterocycles. The zero-order chi connectivity index (χ0) is 16.3. The number of rotatable bonds is 5. The lowest BCUT2D eigenvalue weighted by molar-refractivity contribution is 0.0509. The quantitative estimate of drug-likeness (QED) is 0.786. The molecule has 1 aromatic carbocycles. The minimum absolute atomic E-state index is 0.184. The van der Waals surface area contributed by atoms with Crippen LogP contribution in [0.15, 0.2) is 30.5 Å². The van der Waals surface area contributed by atoms with Gasteiger partial charge in [-0.3, -0.25) is 0 Å². The number of fused-ring (bicyclic) bond motifs is 1. The van der Waals surface area contributed by atoms with Gasteiger partial charge in [-0.25, -0.2) is 4.79 Å². The number of urea groups is 1. The third-order valence-electron chi connectivity index (χ3n) is 3.87. The molecule has 0 radical (unpaired) electrons. The van der Waals surface area contributed by atoms with Crippen LogP contribution in [0.4, 0.5) is 10.5 Å². The van der Waals surface area contributed by atoms with Gasteiger partial charge in [0.05, 0.1) is 13.2 Å². The summed E-state index contributed by atoms with van der Waals surface area (Å²) in [6, 6.07) is 7.46. The van der Waals surface area contributed by atoms with Crippen molar-refractivity contribution in [3.63, 3.8) is 0 Å². The van der Waals surface area contributed by atoms with Gasteiger partial charge in [-0.1, -0.05) is 13.0 Å². The highest BCUT2D eigenvalue weighted by atomic mass is 16.3. The highest BCUT2D eigenvalue weighted by molar-refractivity contribution is 5.92. The Kier molecular flexibility index (Phi) is 4.73. The fraction of sp³-hybridized carbons (Fsp3) is 0.438. The number of carbonyl (C=O) groups is 1. The summed E-state index contributed by atoms with van der Waals surface area (Å²) >= 11 is 0. The Morgan fingerprint density at radius 2 is 2.00 bits per heavy atom. The second kappa shape index (κ2) is 6.37. The predicted molar refractivity (Wildman–Crippen MR) is 86.8 cm³/mol. The van der Waals surface area contributed by atoms with Gasteiger partial charge in [0.2, 0.25) is 0 Å². The summed E-state index contributed by atoms with van der Waals surface area (Å²) in [4.78, 5) is 13.7. The highest BCUT2D eigenvalue weighted by Gasteiger charge is 2.26. The maximum atomic E-state index is 12.2. The van der Waals surface area contributed by atoms with E-state index in [1.54, 1.807) is 14.0 Å². The van der Waals surface area contributed by atoms with Gasteiger partial charge < -0.3 is 25.0 Å². The first-order valence-corrected chi connectivity index (χ1v) is 7.17. The first-order valence-electron chi connectivity index (χ1n) is 7.17. The van der Waals surface area contributed by atoms with E-state index in [0.717, 1.165) is 10.9 Å². The lowest BCUT2D eigenvalue weighted by atomic mass is 9.92. The summed E-state index contributed by atoms with van der Waals surface area (Å²) in [5.41, 5.74) is 1.03. The summed E-state index contributed by atoms with van der Waals surface area (Å²) in [6.45, 7) is 1.62. The molecule has 3 N–H and O–H groups in total. The fourth-order valence-electron chi connectivity index (χ4n) is 2.35. The molecule has 6 nitrogen and oxygen atoms in total. The monoisotopic (exact) mass is 305 g/mol. The van der Waals surface area contributed by atoms with Crippen molar-refractivity contribution in [3.05, 3.63) is 30.5 Å². The van der Waals surface area contributed by atoms with E-state index in [4.69, 9.17) is 0 Å². The molecule has 1 aromatic heterocycles. The molecule has 0 saturated heterocycles. The molecule has 120 valence electrons. The minimum atomic E-state index is -0.714. The average molecular weight is 305 g/mol. The maximum absolute atomic E-state index is 12.2. The van der Waals surface area contributed by atoms with Crippen LogP contribution in [0.2, 0.25) is 0 Å². The zero-order valence-electron chi connectivity index (χ0n) is 13.2. The summed E-state index contributed by atoms with van der Waals surface area (Å²) in [7, 11) is 3.59. The van der Waals surface area contributed by atoms with Gasteiger partial charge >= 0.3 is 6.03 Å². The molecular weight excluding hydrogens is 282 g/mol. The largest absolute Gasteiger partial charge is 0.396 e. The van der Waals surface area contributed by atoms with E-state index in [1.165, 1.54) is 4.90 Å². The van der Waals surface area contributed by atoms with Gasteiger partial charge in [-0.2, -0.15) is 0 Å². The van der Waals surface area contributed by atoms with Crippen molar-refractivity contribution in [2.75, 3.05) is 32.1 Å². The zero-order valence-corrected chi connectivity index (χ0v) is 13.2. The standard InChI is InChI=1S/C16H23N3O3/c1-16(10-20,11-21)9-19(3)15(22)17-13-5-4-12-6-7-18(2)14(12)8-13/h4-8,20-21H,9-11H2,1-3H3,(H,17,22). The number of aryl methyl sites for hydroxylation is 1. The Balaban J connectivity index is 2.08. The van der Waals surface area contributed by atoms with Crippen molar-refractivity contribution >= 4 is 22.6 Å². The number of aliphatic hydroxyl groups excluding tert-OH is 2. The van der Waals surface area contributed by atoms with Crippen LogP contribution in [0.1, 0.15) is 6.92 Å². The van der Waals surface area contributed by atoms with Crippen LogP contribution < -0.4 is 5.32 Å². The second-order valence-electron chi connectivity index (χ2n) is 6.11. The van der Waals surface area contributed by atoms with Crippen LogP contribution in [-0.2, 0) is 7.05 Å². The van der Waals surface area contributed by atoms with E-state index in [-0.39, 0.29) is 25.8 Å². The summed E-state index contributed by atoms with van der Waals surface area (Å²) in [5, 5.41) is 22.6. The van der Waals surface area contributed by atoms with E-state index in [2.05, 4.69) is 5.32 Å². The fourth-order valence-corrected chi connectivity index (χ4v) is 2.35. The SMILES string of the molecule is CN(CC(C)(CO)CO)C(=O)Nc1ccc2ccn(C)c2c1. The van der Waals surface area contributed by atoms with Crippen LogP contribution in [0, 0.1) is 5.41 Å². The van der Waals surface area contributed by atoms with E-state index in [9.17, 15) is 15.0 Å². The number of hydrogen-bond donors (Lipinski definition) is 3. The van der Waals surface area contributed by atoms with Gasteiger partial charge in [0.1, 0.15) is 0 Å². The molecule has 0 unspecified atom stereocenters. The lowest BCUT2D eigenvalue weighted by Gasteiger charge is -2.30. The molecule has 0 saturated carbocycles. The van der Waals surface area contributed by atoms with E-state index >= 15 is 0 Å². The molecule has 2 aromatic rings. The van der Waals surface area contributed by atoms with Gasteiger partial charge in [0.25, 0.3) is 0 Å². The molecule has 0 bridgehead atoms. The van der Waals surface area contributed by atoms with Crippen molar-refractivity contribution in [1.29, 1.82) is 0 Å². The molecular formula is C16H23N3O3. The predicted octanol–water partition coefficient (Wildman–Crippen LogP) is 1.63. The third kappa shape index (κ3) is 3.40. The Morgan fingerprint density at radius 3 is 2.64 bits per heavy atom. The van der Waals surface area contributed by atoms with Crippen LogP contribution in [0.3, 0.4) is 0 Å². The molecule has 6 heteroatoms. The summed E-state index contributed by atoms with van der Waals surface area (Å²) in [6.07, 6.45) is 1.97. The third-order valence-corrected chi connectivity index (χ3v) is 3.87. The number of benzene rings is 1. The Hall–Kier alpha value is -2.05. The van der Waals surface area contributed by atoms with Crippen molar-refractivity contribution in [1.82, 2.24) is 9.47 Å². The number of nitrogens with one attached hydrogen (secondary N) is 1. The maximum Gasteiger partial charge on any atom is 0.321 e. The van der Waals surface area contributed by atoms with Gasteiger partial charge in [0, 0.05) is 43.5 Å². The molecule has 0 fully saturated rings. The second-order valence-corrected chi connectivity index (χ2v) is 6.11. The Morgan fingerprint density at radius 1 is 1.32 bits per heavy atom. The Labute approximate surface area is 130 Å². The van der Waals surface area contributed by atoms with Crippen molar-refractivity contribution < 1.29 is 15.0 Å². The lowest BCUT2D eigenvalue weighted by Crippen LogP contribution is -2.43. The molecule has 1 heterocycles. The van der Waals surface area contributed by atoms with Crippen LogP contribution in [0.5, 0.6) is 0 Å². The van der Waals surface area contributed by atoms with Gasteiger partial charge in [-0.15, -0.1) is 0 Å². The summed E-state index contributed by atoms with van der Waals surface area (Å²) < 4.78 is 1.99. The molecule has 0 aliphatic carbocycles. The smallest absolute Gasteiger partial charge is 0.321 e. The minimum Gasteiger partial charge on any atom is -0.396 e. The number of carbonyl (C=O) groups excluding carboxylic acids is 1. The first kappa shape index (κ1) is 16.3. The molecule has 0 atom stereocenters. The number of hydrogen-bond acceptors (Lipinski definition) is 3. The van der Waals surface area contributed by atoms with E-state index in [0.29, 0.717) is 5.69 Å². The van der Waals surface area contributed by atoms with Gasteiger partial charge in [-0.05, 0) is 23.6 Å². The van der Waals surface area contributed by atoms with Crippen molar-refractivity contribution in [2.45, 2.75) is 6.92 Å². The molecule has 2 amide bonds. The number of aliphatic hydroxyl groups is 2. The average Bonchev–Trinajstić information content (AvgIpc) is 2.88. The Bertz CT molecular complexity index is 662. The topological polar surface area (TPSA) is 77.7 Å². The van der Waals surface area contributed by atoms with Gasteiger partial charge in [0.15, 0.2) is 0 Å². The number of amides is 2. The number of anilines is 1. The molecule has 2 rings (SSSR count). The first-order chi connectivity index (χ1) is 10.4. The van der Waals surface area contributed by atoms with Crippen LogP contribution in [-0.4, -0.2) is 52.5 Å². The molecule has 22 heavy (non-hydrogen) atoms. The van der Waals surface area contributed by atoms with E-state index in [1.807, 2.05) is 42.1 Å². The molecule has 0 aliphatic rings. The van der Waals surface area contributed by atoms with Crippen molar-refractivity contribution in [2.24, 2.45) is 12.5 Å². The highest BCUT2D eigenvalue weighted by Crippen LogP contribution is 2.21. The number of nitrogens with zero attached hydrogens (tertiary/aromatic N) is 2.